The first-order chi connectivity index (χ1) is 11.7. The number of benzene rings is 1. The highest BCUT2D eigenvalue weighted by atomic mass is 16.3. The minimum atomic E-state index is 0.255. The third-order valence-electron chi connectivity index (χ3n) is 4.94. The fraction of sp³-hybridized carbons (Fsp3) is 0.500. The Balaban J connectivity index is 1.73. The van der Waals surface area contributed by atoms with Crippen molar-refractivity contribution in [2.75, 3.05) is 26.2 Å². The van der Waals surface area contributed by atoms with Crippen molar-refractivity contribution in [1.29, 1.82) is 0 Å². The Labute approximate surface area is 144 Å². The zero-order valence-electron chi connectivity index (χ0n) is 14.7. The third kappa shape index (κ3) is 3.89. The first-order valence-corrected chi connectivity index (χ1v) is 8.89. The molecule has 0 spiro atoms. The molecule has 1 fully saturated rings. The van der Waals surface area contributed by atoms with Gasteiger partial charge in [0.1, 0.15) is 5.76 Å². The predicted molar refractivity (Wildman–Crippen MR) is 96.8 cm³/mol. The van der Waals surface area contributed by atoms with Crippen LogP contribution in [0.4, 0.5) is 0 Å². The average molecular weight is 328 g/mol. The largest absolute Gasteiger partial charge is 0.464 e. The van der Waals surface area contributed by atoms with Gasteiger partial charge in [-0.05, 0) is 38.0 Å². The number of piperazine rings is 1. The van der Waals surface area contributed by atoms with Gasteiger partial charge < -0.3 is 9.52 Å². The van der Waals surface area contributed by atoms with E-state index in [1.54, 1.807) is 6.26 Å². The SMILES string of the molecule is CC(C)N1CCN(Cc2ccccc2-c2ccco2)C[C@@H]1CCO. The summed E-state index contributed by atoms with van der Waals surface area (Å²) in [4.78, 5) is 5.02. The maximum atomic E-state index is 9.41. The summed E-state index contributed by atoms with van der Waals surface area (Å²) in [5.74, 6) is 0.929. The van der Waals surface area contributed by atoms with Crippen LogP contribution in [0.2, 0.25) is 0 Å². The molecule has 1 aromatic heterocycles. The Morgan fingerprint density at radius 3 is 2.71 bits per heavy atom. The summed E-state index contributed by atoms with van der Waals surface area (Å²) < 4.78 is 5.60. The maximum absolute atomic E-state index is 9.41. The first kappa shape index (κ1) is 17.2. The van der Waals surface area contributed by atoms with E-state index in [1.165, 1.54) is 11.1 Å². The van der Waals surface area contributed by atoms with Crippen molar-refractivity contribution < 1.29 is 9.52 Å². The number of aliphatic hydroxyl groups excluding tert-OH is 1. The fourth-order valence-electron chi connectivity index (χ4n) is 3.73. The van der Waals surface area contributed by atoms with Crippen LogP contribution in [0.15, 0.2) is 47.1 Å². The number of aliphatic hydroxyl groups is 1. The van der Waals surface area contributed by atoms with Crippen LogP contribution < -0.4 is 0 Å². The zero-order valence-corrected chi connectivity index (χ0v) is 14.7. The quantitative estimate of drug-likeness (QED) is 0.884. The molecule has 4 heteroatoms. The fourth-order valence-corrected chi connectivity index (χ4v) is 3.73. The average Bonchev–Trinajstić information content (AvgIpc) is 3.10. The van der Waals surface area contributed by atoms with Gasteiger partial charge in [-0.1, -0.05) is 24.3 Å². The lowest BCUT2D eigenvalue weighted by Gasteiger charge is -2.43. The highest BCUT2D eigenvalue weighted by Gasteiger charge is 2.28. The van der Waals surface area contributed by atoms with E-state index >= 15 is 0 Å². The molecule has 3 rings (SSSR count). The molecule has 1 aliphatic heterocycles. The van der Waals surface area contributed by atoms with Gasteiger partial charge >= 0.3 is 0 Å². The molecule has 0 amide bonds. The summed E-state index contributed by atoms with van der Waals surface area (Å²) in [5.41, 5.74) is 2.47. The summed E-state index contributed by atoms with van der Waals surface area (Å²) >= 11 is 0. The minimum absolute atomic E-state index is 0.255. The van der Waals surface area contributed by atoms with E-state index < -0.39 is 0 Å². The Morgan fingerprint density at radius 2 is 2.00 bits per heavy atom. The third-order valence-corrected chi connectivity index (χ3v) is 4.94. The number of rotatable bonds is 6. The minimum Gasteiger partial charge on any atom is -0.464 e. The molecule has 0 radical (unpaired) electrons. The van der Waals surface area contributed by atoms with Gasteiger partial charge in [0.05, 0.1) is 6.26 Å². The summed E-state index contributed by atoms with van der Waals surface area (Å²) in [6.07, 6.45) is 2.57. The molecular formula is C20H28N2O2. The lowest BCUT2D eigenvalue weighted by Crippen LogP contribution is -2.55. The van der Waals surface area contributed by atoms with Crippen molar-refractivity contribution in [2.45, 2.75) is 38.9 Å². The molecular weight excluding hydrogens is 300 g/mol. The van der Waals surface area contributed by atoms with Gasteiger partial charge in [-0.3, -0.25) is 9.80 Å². The van der Waals surface area contributed by atoms with E-state index in [9.17, 15) is 5.11 Å². The van der Waals surface area contributed by atoms with E-state index in [2.05, 4.69) is 47.9 Å². The van der Waals surface area contributed by atoms with E-state index in [1.807, 2.05) is 12.1 Å². The van der Waals surface area contributed by atoms with Crippen LogP contribution in [0.3, 0.4) is 0 Å². The number of nitrogens with zero attached hydrogens (tertiary/aromatic N) is 2. The van der Waals surface area contributed by atoms with Crippen molar-refractivity contribution >= 4 is 0 Å². The molecule has 0 unspecified atom stereocenters. The van der Waals surface area contributed by atoms with Crippen LogP contribution in [0.1, 0.15) is 25.8 Å². The first-order valence-electron chi connectivity index (χ1n) is 8.89. The van der Waals surface area contributed by atoms with Crippen LogP contribution in [0.5, 0.6) is 0 Å². The van der Waals surface area contributed by atoms with Crippen LogP contribution in [-0.4, -0.2) is 53.2 Å². The number of furan rings is 1. The standard InChI is InChI=1S/C20H28N2O2/c1-16(2)22-11-10-21(15-18(22)9-12-23)14-17-6-3-4-7-19(17)20-8-5-13-24-20/h3-8,13,16,18,23H,9-12,14-15H2,1-2H3/t18-/m0/s1. The smallest absolute Gasteiger partial charge is 0.134 e. The summed E-state index contributed by atoms with van der Waals surface area (Å²) in [6, 6.07) is 13.4. The van der Waals surface area contributed by atoms with Crippen LogP contribution >= 0.6 is 0 Å². The number of hydrogen-bond donors (Lipinski definition) is 1. The normalized spacial score (nSPS) is 19.9. The Bertz CT molecular complexity index is 624. The lowest BCUT2D eigenvalue weighted by molar-refractivity contribution is 0.0350. The summed E-state index contributed by atoms with van der Waals surface area (Å²) in [6.45, 7) is 8.79. The van der Waals surface area contributed by atoms with Crippen molar-refractivity contribution in [3.63, 3.8) is 0 Å². The molecule has 1 aliphatic rings. The molecule has 0 bridgehead atoms. The van der Waals surface area contributed by atoms with Crippen LogP contribution in [0.25, 0.3) is 11.3 Å². The second kappa shape index (κ2) is 7.97. The molecule has 1 atom stereocenters. The molecule has 0 aliphatic carbocycles. The van der Waals surface area contributed by atoms with Gasteiger partial charge in [0, 0.05) is 50.4 Å². The van der Waals surface area contributed by atoms with E-state index in [0.717, 1.165) is 38.4 Å². The molecule has 130 valence electrons. The molecule has 2 aromatic rings. The van der Waals surface area contributed by atoms with Gasteiger partial charge in [0.25, 0.3) is 0 Å². The summed E-state index contributed by atoms with van der Waals surface area (Å²) in [5, 5.41) is 9.41. The van der Waals surface area contributed by atoms with Crippen LogP contribution in [0, 0.1) is 0 Å². The lowest BCUT2D eigenvalue weighted by atomic mass is 10.0. The van der Waals surface area contributed by atoms with Crippen molar-refractivity contribution in [2.24, 2.45) is 0 Å². The topological polar surface area (TPSA) is 39.9 Å². The molecule has 0 saturated carbocycles. The van der Waals surface area contributed by atoms with Gasteiger partial charge in [-0.25, -0.2) is 0 Å². The van der Waals surface area contributed by atoms with E-state index in [0.29, 0.717) is 12.1 Å². The Kier molecular flexibility index (Phi) is 5.72. The molecule has 24 heavy (non-hydrogen) atoms. The maximum Gasteiger partial charge on any atom is 0.134 e. The Hall–Kier alpha value is -1.62. The Morgan fingerprint density at radius 1 is 1.17 bits per heavy atom. The molecule has 1 N–H and O–H groups in total. The van der Waals surface area contributed by atoms with Gasteiger partial charge in [-0.2, -0.15) is 0 Å². The highest BCUT2D eigenvalue weighted by Crippen LogP contribution is 2.26. The predicted octanol–water partition coefficient (Wildman–Crippen LogP) is 3.22. The molecule has 1 aromatic carbocycles. The van der Waals surface area contributed by atoms with Gasteiger partial charge in [0.15, 0.2) is 0 Å². The summed E-state index contributed by atoms with van der Waals surface area (Å²) in [7, 11) is 0. The van der Waals surface area contributed by atoms with Gasteiger partial charge in [0.2, 0.25) is 0 Å². The second-order valence-electron chi connectivity index (χ2n) is 6.87. The van der Waals surface area contributed by atoms with Crippen molar-refractivity contribution in [3.05, 3.63) is 48.2 Å². The highest BCUT2D eigenvalue weighted by molar-refractivity contribution is 5.61. The monoisotopic (exact) mass is 328 g/mol. The van der Waals surface area contributed by atoms with Crippen molar-refractivity contribution in [3.8, 4) is 11.3 Å². The van der Waals surface area contributed by atoms with E-state index in [4.69, 9.17) is 4.42 Å². The second-order valence-corrected chi connectivity index (χ2v) is 6.87. The van der Waals surface area contributed by atoms with E-state index in [-0.39, 0.29) is 6.61 Å². The van der Waals surface area contributed by atoms with Gasteiger partial charge in [-0.15, -0.1) is 0 Å². The molecule has 4 nitrogen and oxygen atoms in total. The molecule has 2 heterocycles. The molecule has 1 saturated heterocycles. The zero-order chi connectivity index (χ0) is 16.9. The van der Waals surface area contributed by atoms with Crippen LogP contribution in [-0.2, 0) is 6.54 Å². The van der Waals surface area contributed by atoms with Crippen molar-refractivity contribution in [1.82, 2.24) is 9.80 Å². The number of hydrogen-bond acceptors (Lipinski definition) is 4.